The van der Waals surface area contributed by atoms with Gasteiger partial charge in [-0.3, -0.25) is 0 Å². The summed E-state index contributed by atoms with van der Waals surface area (Å²) in [5, 5.41) is 0. The van der Waals surface area contributed by atoms with Crippen LogP contribution in [0.4, 0.5) is 4.39 Å². The van der Waals surface area contributed by atoms with Gasteiger partial charge in [0.15, 0.2) is 11.5 Å². The molecule has 0 spiro atoms. The SMILES string of the molecule is Fc1ccc(-c2nccnc2OCc2ccc3c(c2)OCO3)cc1. The summed E-state index contributed by atoms with van der Waals surface area (Å²) in [6.07, 6.45) is 3.13. The van der Waals surface area contributed by atoms with Crippen molar-refractivity contribution in [2.75, 3.05) is 6.79 Å². The number of hydrogen-bond donors (Lipinski definition) is 0. The van der Waals surface area contributed by atoms with Crippen LogP contribution >= 0.6 is 0 Å². The molecule has 1 aromatic heterocycles. The zero-order valence-corrected chi connectivity index (χ0v) is 12.6. The van der Waals surface area contributed by atoms with Crippen LogP contribution in [-0.4, -0.2) is 16.8 Å². The Labute approximate surface area is 137 Å². The third-order valence-electron chi connectivity index (χ3n) is 3.59. The second-order valence-electron chi connectivity index (χ2n) is 5.19. The van der Waals surface area contributed by atoms with E-state index in [1.54, 1.807) is 24.5 Å². The fraction of sp³-hybridized carbons (Fsp3) is 0.111. The Morgan fingerprint density at radius 3 is 2.62 bits per heavy atom. The largest absolute Gasteiger partial charge is 0.471 e. The molecule has 0 radical (unpaired) electrons. The van der Waals surface area contributed by atoms with E-state index in [9.17, 15) is 4.39 Å². The second-order valence-corrected chi connectivity index (χ2v) is 5.19. The number of nitrogens with zero attached hydrogens (tertiary/aromatic N) is 2. The van der Waals surface area contributed by atoms with E-state index in [0.717, 1.165) is 16.9 Å². The maximum absolute atomic E-state index is 13.1. The van der Waals surface area contributed by atoms with Gasteiger partial charge in [-0.05, 0) is 42.0 Å². The minimum atomic E-state index is -0.300. The molecule has 3 aromatic rings. The Balaban J connectivity index is 1.56. The number of ether oxygens (including phenoxy) is 3. The molecule has 2 heterocycles. The van der Waals surface area contributed by atoms with Crippen LogP contribution in [0.1, 0.15) is 5.56 Å². The van der Waals surface area contributed by atoms with Gasteiger partial charge in [0.2, 0.25) is 12.7 Å². The minimum Gasteiger partial charge on any atom is -0.471 e. The average Bonchev–Trinajstić information content (AvgIpc) is 3.09. The van der Waals surface area contributed by atoms with E-state index in [1.165, 1.54) is 12.1 Å². The van der Waals surface area contributed by atoms with Crippen LogP contribution in [-0.2, 0) is 6.61 Å². The molecule has 0 N–H and O–H groups in total. The predicted molar refractivity (Wildman–Crippen MR) is 84.3 cm³/mol. The molecule has 1 aliphatic rings. The predicted octanol–water partition coefficient (Wildman–Crippen LogP) is 3.59. The molecule has 0 unspecified atom stereocenters. The van der Waals surface area contributed by atoms with Gasteiger partial charge in [-0.15, -0.1) is 0 Å². The molecule has 1 aliphatic heterocycles. The van der Waals surface area contributed by atoms with E-state index >= 15 is 0 Å². The van der Waals surface area contributed by atoms with Crippen molar-refractivity contribution in [2.24, 2.45) is 0 Å². The molecule has 24 heavy (non-hydrogen) atoms. The molecule has 2 aromatic carbocycles. The van der Waals surface area contributed by atoms with Gasteiger partial charge in [0, 0.05) is 18.0 Å². The first-order chi connectivity index (χ1) is 11.8. The molecule has 120 valence electrons. The molecule has 4 rings (SSSR count). The Bertz CT molecular complexity index is 868. The summed E-state index contributed by atoms with van der Waals surface area (Å²) < 4.78 is 29.5. The Morgan fingerprint density at radius 1 is 0.958 bits per heavy atom. The van der Waals surface area contributed by atoms with E-state index in [-0.39, 0.29) is 12.6 Å². The maximum atomic E-state index is 13.1. The van der Waals surface area contributed by atoms with E-state index in [1.807, 2.05) is 18.2 Å². The van der Waals surface area contributed by atoms with Crippen molar-refractivity contribution in [1.29, 1.82) is 0 Å². The fourth-order valence-electron chi connectivity index (χ4n) is 2.42. The van der Waals surface area contributed by atoms with Gasteiger partial charge in [0.1, 0.15) is 18.1 Å². The Morgan fingerprint density at radius 2 is 1.75 bits per heavy atom. The molecule has 0 atom stereocenters. The van der Waals surface area contributed by atoms with Crippen LogP contribution in [0.25, 0.3) is 11.3 Å². The summed E-state index contributed by atoms with van der Waals surface area (Å²) in [5.74, 6) is 1.52. The van der Waals surface area contributed by atoms with Gasteiger partial charge in [-0.2, -0.15) is 0 Å². The maximum Gasteiger partial charge on any atom is 0.240 e. The number of benzene rings is 2. The quantitative estimate of drug-likeness (QED) is 0.734. The van der Waals surface area contributed by atoms with E-state index < -0.39 is 0 Å². The summed E-state index contributed by atoms with van der Waals surface area (Å²) in [6, 6.07) is 11.7. The lowest BCUT2D eigenvalue weighted by molar-refractivity contribution is 0.174. The molecule has 6 heteroatoms. The smallest absolute Gasteiger partial charge is 0.240 e. The summed E-state index contributed by atoms with van der Waals surface area (Å²) in [5.41, 5.74) is 2.23. The van der Waals surface area contributed by atoms with Crippen LogP contribution < -0.4 is 14.2 Å². The van der Waals surface area contributed by atoms with Gasteiger partial charge in [-0.1, -0.05) is 6.07 Å². The van der Waals surface area contributed by atoms with Crippen LogP contribution in [0.5, 0.6) is 17.4 Å². The number of aromatic nitrogens is 2. The lowest BCUT2D eigenvalue weighted by atomic mass is 10.1. The van der Waals surface area contributed by atoms with Gasteiger partial charge in [-0.25, -0.2) is 14.4 Å². The van der Waals surface area contributed by atoms with Gasteiger partial charge < -0.3 is 14.2 Å². The second kappa shape index (κ2) is 6.16. The molecular formula is C18H13FN2O3. The zero-order valence-electron chi connectivity index (χ0n) is 12.6. The summed E-state index contributed by atoms with van der Waals surface area (Å²) in [4.78, 5) is 8.52. The van der Waals surface area contributed by atoms with Crippen molar-refractivity contribution < 1.29 is 18.6 Å². The Hall–Kier alpha value is -3.15. The molecule has 0 saturated heterocycles. The summed E-state index contributed by atoms with van der Waals surface area (Å²) in [6.45, 7) is 0.544. The third-order valence-corrected chi connectivity index (χ3v) is 3.59. The van der Waals surface area contributed by atoms with Gasteiger partial charge in [0.25, 0.3) is 0 Å². The molecule has 5 nitrogen and oxygen atoms in total. The lowest BCUT2D eigenvalue weighted by Crippen LogP contribution is -2.00. The average molecular weight is 324 g/mol. The number of rotatable bonds is 4. The topological polar surface area (TPSA) is 53.5 Å². The fourth-order valence-corrected chi connectivity index (χ4v) is 2.42. The van der Waals surface area contributed by atoms with E-state index in [2.05, 4.69) is 9.97 Å². The van der Waals surface area contributed by atoms with E-state index in [4.69, 9.17) is 14.2 Å². The van der Waals surface area contributed by atoms with Crippen molar-refractivity contribution in [2.45, 2.75) is 6.61 Å². The van der Waals surface area contributed by atoms with E-state index in [0.29, 0.717) is 23.9 Å². The molecule has 0 fully saturated rings. The molecule has 0 bridgehead atoms. The van der Waals surface area contributed by atoms with Crippen LogP contribution in [0.2, 0.25) is 0 Å². The van der Waals surface area contributed by atoms with Crippen LogP contribution in [0.3, 0.4) is 0 Å². The standard InChI is InChI=1S/C18H13FN2O3/c19-14-4-2-13(3-5-14)17-18(21-8-7-20-17)22-10-12-1-6-15-16(9-12)24-11-23-15/h1-9H,10-11H2. The summed E-state index contributed by atoms with van der Waals surface area (Å²) in [7, 11) is 0. The first-order valence-electron chi connectivity index (χ1n) is 7.38. The monoisotopic (exact) mass is 324 g/mol. The van der Waals surface area contributed by atoms with Crippen molar-refractivity contribution in [3.63, 3.8) is 0 Å². The highest BCUT2D eigenvalue weighted by molar-refractivity contribution is 5.63. The van der Waals surface area contributed by atoms with Crippen LogP contribution in [0, 0.1) is 5.82 Å². The minimum absolute atomic E-state index is 0.235. The summed E-state index contributed by atoms with van der Waals surface area (Å²) >= 11 is 0. The highest BCUT2D eigenvalue weighted by atomic mass is 19.1. The first kappa shape index (κ1) is 14.4. The number of halogens is 1. The van der Waals surface area contributed by atoms with Crippen LogP contribution in [0.15, 0.2) is 54.9 Å². The van der Waals surface area contributed by atoms with Crippen molar-refractivity contribution in [3.8, 4) is 28.6 Å². The lowest BCUT2D eigenvalue weighted by Gasteiger charge is -2.10. The third kappa shape index (κ3) is 2.86. The molecule has 0 aliphatic carbocycles. The first-order valence-corrected chi connectivity index (χ1v) is 7.38. The van der Waals surface area contributed by atoms with Crippen molar-refractivity contribution in [3.05, 3.63) is 66.2 Å². The molecular weight excluding hydrogens is 311 g/mol. The van der Waals surface area contributed by atoms with Crippen molar-refractivity contribution >= 4 is 0 Å². The zero-order chi connectivity index (χ0) is 16.4. The highest BCUT2D eigenvalue weighted by Crippen LogP contribution is 2.33. The number of fused-ring (bicyclic) bond motifs is 1. The van der Waals surface area contributed by atoms with Gasteiger partial charge >= 0.3 is 0 Å². The number of hydrogen-bond acceptors (Lipinski definition) is 5. The highest BCUT2D eigenvalue weighted by Gasteiger charge is 2.14. The Kier molecular flexibility index (Phi) is 3.70. The van der Waals surface area contributed by atoms with Gasteiger partial charge in [0.05, 0.1) is 0 Å². The normalized spacial score (nSPS) is 12.2. The van der Waals surface area contributed by atoms with Crippen molar-refractivity contribution in [1.82, 2.24) is 9.97 Å². The molecule has 0 amide bonds. The molecule has 0 saturated carbocycles.